The van der Waals surface area contributed by atoms with Crippen molar-refractivity contribution in [1.82, 2.24) is 5.32 Å². The maximum absolute atomic E-state index is 11.9. The Labute approximate surface area is 111 Å². The van der Waals surface area contributed by atoms with Gasteiger partial charge in [-0.2, -0.15) is 0 Å². The molecule has 2 N–H and O–H groups in total. The molecule has 0 aromatic carbocycles. The standard InChI is InChI=1S/C12H23NO4S/c1-5-10(12(15)16)18(17)9(4)11(14)13-7-6-8(2)3/h8-10H,5-7H2,1-4H3,(H,13,14)(H,15,16). The van der Waals surface area contributed by atoms with E-state index < -0.39 is 27.3 Å². The predicted octanol–water partition coefficient (Wildman–Crippen LogP) is 1.15. The number of nitrogens with one attached hydrogen (secondary N) is 1. The van der Waals surface area contributed by atoms with E-state index in [0.29, 0.717) is 12.5 Å². The lowest BCUT2D eigenvalue weighted by atomic mass is 10.1. The Balaban J connectivity index is 4.36. The molecule has 0 bridgehead atoms. The third-order valence-electron chi connectivity index (χ3n) is 2.67. The fourth-order valence-corrected chi connectivity index (χ4v) is 2.73. The Morgan fingerprint density at radius 3 is 2.22 bits per heavy atom. The zero-order valence-electron chi connectivity index (χ0n) is 11.4. The zero-order chi connectivity index (χ0) is 14.3. The maximum atomic E-state index is 11.9. The average Bonchev–Trinajstić information content (AvgIpc) is 2.27. The molecule has 0 saturated heterocycles. The van der Waals surface area contributed by atoms with E-state index in [4.69, 9.17) is 5.11 Å². The Kier molecular flexibility index (Phi) is 7.82. The molecule has 0 aliphatic rings. The van der Waals surface area contributed by atoms with E-state index in [1.165, 1.54) is 6.92 Å². The van der Waals surface area contributed by atoms with Crippen LogP contribution in [-0.2, 0) is 20.4 Å². The zero-order valence-corrected chi connectivity index (χ0v) is 12.3. The van der Waals surface area contributed by atoms with E-state index in [-0.39, 0.29) is 12.3 Å². The van der Waals surface area contributed by atoms with Crippen molar-refractivity contribution < 1.29 is 18.9 Å². The average molecular weight is 277 g/mol. The molecule has 1 amide bonds. The molecule has 0 rings (SSSR count). The largest absolute Gasteiger partial charge is 0.480 e. The van der Waals surface area contributed by atoms with Crippen LogP contribution >= 0.6 is 0 Å². The molecule has 6 heteroatoms. The van der Waals surface area contributed by atoms with Crippen molar-refractivity contribution in [3.05, 3.63) is 0 Å². The highest BCUT2D eigenvalue weighted by Crippen LogP contribution is 2.09. The van der Waals surface area contributed by atoms with Gasteiger partial charge in [0.1, 0.15) is 10.5 Å². The number of rotatable bonds is 8. The number of hydrogen-bond acceptors (Lipinski definition) is 3. The van der Waals surface area contributed by atoms with Gasteiger partial charge in [0.05, 0.1) is 0 Å². The highest BCUT2D eigenvalue weighted by atomic mass is 32.2. The molecular formula is C12H23NO4S. The Morgan fingerprint density at radius 2 is 1.83 bits per heavy atom. The Bertz CT molecular complexity index is 317. The van der Waals surface area contributed by atoms with Crippen molar-refractivity contribution in [3.8, 4) is 0 Å². The molecule has 0 aromatic rings. The molecule has 0 heterocycles. The lowest BCUT2D eigenvalue weighted by Gasteiger charge is -2.16. The fraction of sp³-hybridized carbons (Fsp3) is 0.833. The molecular weight excluding hydrogens is 254 g/mol. The van der Waals surface area contributed by atoms with Crippen LogP contribution in [0.4, 0.5) is 0 Å². The minimum Gasteiger partial charge on any atom is -0.480 e. The van der Waals surface area contributed by atoms with E-state index >= 15 is 0 Å². The first-order valence-electron chi connectivity index (χ1n) is 6.21. The second-order valence-electron chi connectivity index (χ2n) is 4.68. The van der Waals surface area contributed by atoms with Gasteiger partial charge in [-0.3, -0.25) is 13.8 Å². The predicted molar refractivity (Wildman–Crippen MR) is 71.8 cm³/mol. The third kappa shape index (κ3) is 5.62. The number of carboxylic acid groups (broad SMARTS) is 1. The first kappa shape index (κ1) is 17.1. The molecule has 106 valence electrons. The number of amides is 1. The molecule has 0 spiro atoms. The van der Waals surface area contributed by atoms with E-state index in [2.05, 4.69) is 5.32 Å². The quantitative estimate of drug-likeness (QED) is 0.697. The van der Waals surface area contributed by atoms with Crippen molar-refractivity contribution in [1.29, 1.82) is 0 Å². The van der Waals surface area contributed by atoms with Gasteiger partial charge in [0, 0.05) is 17.3 Å². The van der Waals surface area contributed by atoms with Crippen LogP contribution in [-0.4, -0.2) is 38.2 Å². The summed E-state index contributed by atoms with van der Waals surface area (Å²) in [7, 11) is -1.69. The van der Waals surface area contributed by atoms with Crippen molar-refractivity contribution in [2.45, 2.75) is 51.0 Å². The van der Waals surface area contributed by atoms with Gasteiger partial charge in [0.15, 0.2) is 0 Å². The molecule has 0 saturated carbocycles. The topological polar surface area (TPSA) is 83.5 Å². The fourth-order valence-electron chi connectivity index (χ4n) is 1.42. The Hall–Kier alpha value is -0.910. The number of aliphatic carboxylic acids is 1. The van der Waals surface area contributed by atoms with E-state index in [1.807, 2.05) is 13.8 Å². The molecule has 0 aromatic heterocycles. The van der Waals surface area contributed by atoms with Crippen LogP contribution in [0.15, 0.2) is 0 Å². The van der Waals surface area contributed by atoms with Crippen molar-refractivity contribution in [3.63, 3.8) is 0 Å². The lowest BCUT2D eigenvalue weighted by Crippen LogP contribution is -2.41. The summed E-state index contributed by atoms with van der Waals surface area (Å²) < 4.78 is 11.9. The van der Waals surface area contributed by atoms with Crippen molar-refractivity contribution in [2.75, 3.05) is 6.54 Å². The minimum atomic E-state index is -1.69. The third-order valence-corrected chi connectivity index (χ3v) is 4.67. The summed E-state index contributed by atoms with van der Waals surface area (Å²) >= 11 is 0. The molecule has 18 heavy (non-hydrogen) atoms. The summed E-state index contributed by atoms with van der Waals surface area (Å²) in [6.45, 7) is 7.78. The summed E-state index contributed by atoms with van der Waals surface area (Å²) in [5, 5.41) is 9.82. The van der Waals surface area contributed by atoms with Crippen LogP contribution in [0.5, 0.6) is 0 Å². The second-order valence-corrected chi connectivity index (χ2v) is 6.61. The van der Waals surface area contributed by atoms with Crippen molar-refractivity contribution in [2.24, 2.45) is 5.92 Å². The van der Waals surface area contributed by atoms with Gasteiger partial charge < -0.3 is 10.4 Å². The van der Waals surface area contributed by atoms with Crippen LogP contribution in [0.2, 0.25) is 0 Å². The number of carbonyl (C=O) groups is 2. The van der Waals surface area contributed by atoms with Gasteiger partial charge in [0.25, 0.3) is 0 Å². The lowest BCUT2D eigenvalue weighted by molar-refractivity contribution is -0.136. The van der Waals surface area contributed by atoms with Gasteiger partial charge in [-0.05, 0) is 25.7 Å². The first-order valence-corrected chi connectivity index (χ1v) is 7.48. The van der Waals surface area contributed by atoms with Crippen LogP contribution in [0.1, 0.15) is 40.5 Å². The van der Waals surface area contributed by atoms with Gasteiger partial charge in [-0.15, -0.1) is 0 Å². The summed E-state index contributed by atoms with van der Waals surface area (Å²) in [4.78, 5) is 22.6. The summed E-state index contributed by atoms with van der Waals surface area (Å²) in [6.07, 6.45) is 1.10. The minimum absolute atomic E-state index is 0.256. The number of hydrogen-bond donors (Lipinski definition) is 2. The smallest absolute Gasteiger partial charge is 0.319 e. The summed E-state index contributed by atoms with van der Waals surface area (Å²) in [6, 6.07) is 0. The van der Waals surface area contributed by atoms with Crippen LogP contribution in [0, 0.1) is 5.92 Å². The monoisotopic (exact) mass is 277 g/mol. The normalized spacial score (nSPS) is 16.1. The maximum Gasteiger partial charge on any atom is 0.319 e. The van der Waals surface area contributed by atoms with Gasteiger partial charge in [-0.1, -0.05) is 20.8 Å². The SMILES string of the molecule is CCC(C(=O)O)S(=O)C(C)C(=O)NCCC(C)C. The number of carbonyl (C=O) groups excluding carboxylic acids is 1. The van der Waals surface area contributed by atoms with Crippen LogP contribution < -0.4 is 5.32 Å². The van der Waals surface area contributed by atoms with Crippen LogP contribution in [0.25, 0.3) is 0 Å². The van der Waals surface area contributed by atoms with Gasteiger partial charge in [-0.25, -0.2) is 0 Å². The van der Waals surface area contributed by atoms with E-state index in [1.54, 1.807) is 6.92 Å². The van der Waals surface area contributed by atoms with E-state index in [9.17, 15) is 13.8 Å². The highest BCUT2D eigenvalue weighted by molar-refractivity contribution is 7.87. The second kappa shape index (κ2) is 8.24. The van der Waals surface area contributed by atoms with Crippen molar-refractivity contribution >= 4 is 22.7 Å². The molecule has 0 radical (unpaired) electrons. The first-order chi connectivity index (χ1) is 8.31. The molecule has 0 fully saturated rings. The van der Waals surface area contributed by atoms with E-state index in [0.717, 1.165) is 6.42 Å². The van der Waals surface area contributed by atoms with Gasteiger partial charge in [0.2, 0.25) is 5.91 Å². The molecule has 3 atom stereocenters. The molecule has 0 aliphatic carbocycles. The molecule has 0 aliphatic heterocycles. The Morgan fingerprint density at radius 1 is 1.28 bits per heavy atom. The highest BCUT2D eigenvalue weighted by Gasteiger charge is 2.30. The van der Waals surface area contributed by atoms with Crippen LogP contribution in [0.3, 0.4) is 0 Å². The summed E-state index contributed by atoms with van der Waals surface area (Å²) in [5.74, 6) is -0.972. The molecule has 5 nitrogen and oxygen atoms in total. The number of carboxylic acids is 1. The van der Waals surface area contributed by atoms with Gasteiger partial charge >= 0.3 is 5.97 Å². The molecule has 3 unspecified atom stereocenters. The summed E-state index contributed by atoms with van der Waals surface area (Å²) in [5.41, 5.74) is 0.